The van der Waals surface area contributed by atoms with E-state index in [4.69, 9.17) is 0 Å². The number of benzene rings is 2. The lowest BCUT2D eigenvalue weighted by Crippen LogP contribution is -2.35. The molecule has 0 heterocycles. The number of nitrogens with one attached hydrogen (secondary N) is 3. The van der Waals surface area contributed by atoms with Crippen LogP contribution in [0.2, 0.25) is 0 Å². The van der Waals surface area contributed by atoms with E-state index >= 15 is 0 Å². The number of alkyl halides is 3. The van der Waals surface area contributed by atoms with Gasteiger partial charge in [0.05, 0.1) is 17.0 Å². The van der Waals surface area contributed by atoms with E-state index in [9.17, 15) is 31.2 Å². The topological polar surface area (TPSA) is 104 Å². The summed E-state index contributed by atoms with van der Waals surface area (Å²) in [5, 5.41) is 5.02. The summed E-state index contributed by atoms with van der Waals surface area (Å²) < 4.78 is 65.4. The molecule has 11 heteroatoms. The number of halogens is 3. The SMILES string of the molecule is Cc1cccc(C)c1NC(=O)CNC(=O)CCNS(=O)(=O)c1ccccc1C(F)(F)F. The van der Waals surface area contributed by atoms with E-state index < -0.39 is 45.0 Å². The number of carbonyl (C=O) groups is 2. The molecule has 0 radical (unpaired) electrons. The van der Waals surface area contributed by atoms with Crippen LogP contribution in [0.15, 0.2) is 47.4 Å². The van der Waals surface area contributed by atoms with Crippen molar-refractivity contribution in [3.8, 4) is 0 Å². The number of sulfonamides is 1. The maximum absolute atomic E-state index is 13.0. The van der Waals surface area contributed by atoms with Crippen molar-refractivity contribution in [1.29, 1.82) is 0 Å². The zero-order valence-corrected chi connectivity index (χ0v) is 17.7. The number of hydrogen-bond acceptors (Lipinski definition) is 4. The molecule has 0 saturated heterocycles. The van der Waals surface area contributed by atoms with Crippen LogP contribution >= 0.6 is 0 Å². The molecule has 2 rings (SSSR count). The van der Waals surface area contributed by atoms with Crippen molar-refractivity contribution >= 4 is 27.5 Å². The van der Waals surface area contributed by atoms with Crippen molar-refractivity contribution in [1.82, 2.24) is 10.0 Å². The van der Waals surface area contributed by atoms with Crippen molar-refractivity contribution in [2.45, 2.75) is 31.3 Å². The second-order valence-corrected chi connectivity index (χ2v) is 8.47. The molecule has 2 amide bonds. The molecule has 0 fully saturated rings. The van der Waals surface area contributed by atoms with Gasteiger partial charge in [-0.2, -0.15) is 13.2 Å². The Balaban J connectivity index is 1.86. The van der Waals surface area contributed by atoms with E-state index in [0.29, 0.717) is 11.8 Å². The molecule has 2 aromatic carbocycles. The molecule has 168 valence electrons. The summed E-state index contributed by atoms with van der Waals surface area (Å²) in [5.74, 6) is -1.10. The molecule has 0 atom stereocenters. The molecular weight excluding hydrogens is 435 g/mol. The number of carbonyl (C=O) groups excluding carboxylic acids is 2. The Labute approximate surface area is 178 Å². The Kier molecular flexibility index (Phi) is 7.80. The molecule has 3 N–H and O–H groups in total. The minimum Gasteiger partial charge on any atom is -0.347 e. The van der Waals surface area contributed by atoms with Gasteiger partial charge >= 0.3 is 6.18 Å². The first kappa shape index (κ1) is 24.4. The average molecular weight is 457 g/mol. The molecule has 0 aliphatic carbocycles. The van der Waals surface area contributed by atoms with Crippen molar-refractivity contribution in [2.24, 2.45) is 0 Å². The van der Waals surface area contributed by atoms with Gasteiger partial charge in [-0.3, -0.25) is 9.59 Å². The van der Waals surface area contributed by atoms with Gasteiger partial charge < -0.3 is 10.6 Å². The number of aryl methyl sites for hydroxylation is 2. The molecule has 0 unspecified atom stereocenters. The maximum Gasteiger partial charge on any atom is 0.417 e. The first-order chi connectivity index (χ1) is 14.4. The third-order valence-corrected chi connectivity index (χ3v) is 5.84. The van der Waals surface area contributed by atoms with E-state index in [-0.39, 0.29) is 13.0 Å². The van der Waals surface area contributed by atoms with Gasteiger partial charge in [-0.15, -0.1) is 0 Å². The molecule has 2 aromatic rings. The Morgan fingerprint density at radius 2 is 1.55 bits per heavy atom. The Hall–Kier alpha value is -2.92. The normalized spacial score (nSPS) is 11.8. The lowest BCUT2D eigenvalue weighted by atomic mass is 10.1. The van der Waals surface area contributed by atoms with Gasteiger partial charge in [0.2, 0.25) is 21.8 Å². The van der Waals surface area contributed by atoms with Crippen LogP contribution in [0.5, 0.6) is 0 Å². The van der Waals surface area contributed by atoms with Crippen LogP contribution in [0.25, 0.3) is 0 Å². The molecule has 0 bridgehead atoms. The fourth-order valence-corrected chi connectivity index (χ4v) is 4.03. The van der Waals surface area contributed by atoms with Crippen LogP contribution in [0.1, 0.15) is 23.1 Å². The lowest BCUT2D eigenvalue weighted by Gasteiger charge is -2.14. The summed E-state index contributed by atoms with van der Waals surface area (Å²) in [4.78, 5) is 23.0. The van der Waals surface area contributed by atoms with E-state index in [2.05, 4.69) is 10.6 Å². The third kappa shape index (κ3) is 6.79. The Bertz CT molecular complexity index is 1050. The van der Waals surface area contributed by atoms with Gasteiger partial charge in [0.25, 0.3) is 0 Å². The van der Waals surface area contributed by atoms with Gasteiger partial charge in [0, 0.05) is 18.7 Å². The van der Waals surface area contributed by atoms with Crippen LogP contribution in [0, 0.1) is 13.8 Å². The molecule has 0 aliphatic heterocycles. The van der Waals surface area contributed by atoms with E-state index in [0.717, 1.165) is 23.3 Å². The predicted octanol–water partition coefficient (Wildman–Crippen LogP) is 2.75. The summed E-state index contributed by atoms with van der Waals surface area (Å²) in [6.45, 7) is 2.88. The zero-order chi connectivity index (χ0) is 23.2. The van der Waals surface area contributed by atoms with Crippen LogP contribution in [-0.4, -0.2) is 33.3 Å². The standard InChI is InChI=1S/C20H22F3N3O4S/c1-13-6-5-7-14(2)19(13)26-18(28)12-24-17(27)10-11-25-31(29,30)16-9-4-3-8-15(16)20(21,22)23/h3-9,25H,10-12H2,1-2H3,(H,24,27)(H,26,28). The fourth-order valence-electron chi connectivity index (χ4n) is 2.77. The van der Waals surface area contributed by atoms with Crippen LogP contribution < -0.4 is 15.4 Å². The summed E-state index contributed by atoms with van der Waals surface area (Å²) >= 11 is 0. The van der Waals surface area contributed by atoms with Gasteiger partial charge in [-0.25, -0.2) is 13.1 Å². The van der Waals surface area contributed by atoms with Gasteiger partial charge in [-0.1, -0.05) is 30.3 Å². The molecular formula is C20H22F3N3O4S. The molecule has 0 spiro atoms. The molecule has 0 saturated carbocycles. The maximum atomic E-state index is 13.0. The number of amides is 2. The minimum atomic E-state index is -4.84. The van der Waals surface area contributed by atoms with Crippen molar-refractivity contribution in [3.63, 3.8) is 0 Å². The fraction of sp³-hybridized carbons (Fsp3) is 0.300. The quantitative estimate of drug-likeness (QED) is 0.567. The highest BCUT2D eigenvalue weighted by Crippen LogP contribution is 2.33. The second kappa shape index (κ2) is 9.92. The number of anilines is 1. The largest absolute Gasteiger partial charge is 0.417 e. The third-order valence-electron chi connectivity index (χ3n) is 4.32. The van der Waals surface area contributed by atoms with Crippen LogP contribution in [0.3, 0.4) is 0 Å². The van der Waals surface area contributed by atoms with Gasteiger partial charge in [0.15, 0.2) is 0 Å². The molecule has 0 aromatic heterocycles. The van der Waals surface area contributed by atoms with Gasteiger partial charge in [0.1, 0.15) is 0 Å². The first-order valence-corrected chi connectivity index (χ1v) is 10.7. The Morgan fingerprint density at radius 1 is 0.935 bits per heavy atom. The smallest absolute Gasteiger partial charge is 0.347 e. The Morgan fingerprint density at radius 3 is 2.16 bits per heavy atom. The minimum absolute atomic E-state index is 0.337. The second-order valence-electron chi connectivity index (χ2n) is 6.73. The monoisotopic (exact) mass is 457 g/mol. The summed E-state index contributed by atoms with van der Waals surface area (Å²) in [6, 6.07) is 9.24. The average Bonchev–Trinajstić information content (AvgIpc) is 2.68. The predicted molar refractivity (Wildman–Crippen MR) is 109 cm³/mol. The van der Waals surface area contributed by atoms with Crippen LogP contribution in [0.4, 0.5) is 18.9 Å². The van der Waals surface area contributed by atoms with E-state index in [1.807, 2.05) is 36.8 Å². The molecule has 31 heavy (non-hydrogen) atoms. The zero-order valence-electron chi connectivity index (χ0n) is 16.8. The molecule has 0 aliphatic rings. The number of para-hydroxylation sites is 1. The number of rotatable bonds is 8. The number of hydrogen-bond donors (Lipinski definition) is 3. The highest BCUT2D eigenvalue weighted by atomic mass is 32.2. The highest BCUT2D eigenvalue weighted by molar-refractivity contribution is 7.89. The van der Waals surface area contributed by atoms with Gasteiger partial charge in [-0.05, 0) is 37.1 Å². The van der Waals surface area contributed by atoms with Crippen molar-refractivity contribution in [3.05, 3.63) is 59.2 Å². The summed E-state index contributed by atoms with van der Waals surface area (Å²) in [7, 11) is -4.48. The lowest BCUT2D eigenvalue weighted by molar-refractivity contribution is -0.139. The summed E-state index contributed by atoms with van der Waals surface area (Å²) in [6.07, 6.45) is -5.20. The van der Waals surface area contributed by atoms with Crippen molar-refractivity contribution in [2.75, 3.05) is 18.4 Å². The molecule has 7 nitrogen and oxygen atoms in total. The van der Waals surface area contributed by atoms with Crippen LogP contribution in [-0.2, 0) is 25.8 Å². The first-order valence-electron chi connectivity index (χ1n) is 9.20. The van der Waals surface area contributed by atoms with E-state index in [1.165, 1.54) is 6.07 Å². The van der Waals surface area contributed by atoms with Crippen molar-refractivity contribution < 1.29 is 31.2 Å². The van der Waals surface area contributed by atoms with E-state index in [1.54, 1.807) is 0 Å². The highest BCUT2D eigenvalue weighted by Gasteiger charge is 2.36. The summed E-state index contributed by atoms with van der Waals surface area (Å²) in [5.41, 5.74) is 1.05.